The van der Waals surface area contributed by atoms with Crippen LogP contribution in [0.1, 0.15) is 22.4 Å². The van der Waals surface area contributed by atoms with Crippen LogP contribution in [0.15, 0.2) is 67.2 Å². The van der Waals surface area contributed by atoms with Crippen molar-refractivity contribution in [3.8, 4) is 0 Å². The molecule has 1 nitrogen and oxygen atoms in total. The van der Waals surface area contributed by atoms with Gasteiger partial charge in [-0.05, 0) is 47.4 Å². The second kappa shape index (κ2) is 5.38. The Balaban J connectivity index is 2.02. The Labute approximate surface area is 142 Å². The largest absolute Gasteiger partial charge is 0.347 e. The lowest BCUT2D eigenvalue weighted by atomic mass is 9.91. The molecule has 0 N–H and O–H groups in total. The molecule has 0 radical (unpaired) electrons. The fourth-order valence-corrected chi connectivity index (χ4v) is 3.75. The van der Waals surface area contributed by atoms with E-state index < -0.39 is 0 Å². The highest BCUT2D eigenvalue weighted by Crippen LogP contribution is 2.36. The Hall–Kier alpha value is -2.80. The predicted octanol–water partition coefficient (Wildman–Crippen LogP) is 6.01. The highest BCUT2D eigenvalue weighted by Gasteiger charge is 2.16. The summed E-state index contributed by atoms with van der Waals surface area (Å²) >= 11 is 0. The summed E-state index contributed by atoms with van der Waals surface area (Å²) in [6.07, 6.45) is 0. The number of rotatable bonds is 2. The number of hydrogen-bond donors (Lipinski definition) is 0. The molecule has 4 aromatic rings. The molecular weight excluding hydrogens is 290 g/mol. The van der Waals surface area contributed by atoms with Gasteiger partial charge in [-0.15, -0.1) is 0 Å². The third-order valence-corrected chi connectivity index (χ3v) is 5.17. The maximum Gasteiger partial charge on any atom is 0.0486 e. The summed E-state index contributed by atoms with van der Waals surface area (Å²) < 4.78 is 2.26. The number of benzene rings is 3. The molecule has 0 aliphatic carbocycles. The normalized spacial score (nSPS) is 11.3. The number of aromatic nitrogens is 1. The lowest BCUT2D eigenvalue weighted by Gasteiger charge is -2.12. The van der Waals surface area contributed by atoms with Crippen LogP contribution in [0.5, 0.6) is 0 Å². The minimum atomic E-state index is 1.10. The van der Waals surface area contributed by atoms with Gasteiger partial charge in [-0.25, -0.2) is 0 Å². The summed E-state index contributed by atoms with van der Waals surface area (Å²) in [5.41, 5.74) is 7.38. The van der Waals surface area contributed by atoms with Crippen molar-refractivity contribution in [2.45, 2.75) is 13.8 Å². The highest BCUT2D eigenvalue weighted by atomic mass is 14.9. The molecule has 0 saturated carbocycles. The minimum absolute atomic E-state index is 1.10. The van der Waals surface area contributed by atoms with Crippen LogP contribution >= 0.6 is 0 Å². The first-order chi connectivity index (χ1) is 11.6. The topological polar surface area (TPSA) is 4.93 Å². The Bertz CT molecular complexity index is 1100. The molecule has 0 atom stereocenters. The van der Waals surface area contributed by atoms with Crippen LogP contribution in [0.3, 0.4) is 0 Å². The standard InChI is InChI=1S/C23H21N/c1-15-13-14-19(20-10-6-5-9-18(15)20)16(2)23-17(3)24(4)22-12-8-7-11-21(22)23/h5-14H,2H2,1,3-4H3. The van der Waals surface area contributed by atoms with Crippen LogP contribution in [-0.4, -0.2) is 4.57 Å². The maximum absolute atomic E-state index is 4.49. The quantitative estimate of drug-likeness (QED) is 0.427. The van der Waals surface area contributed by atoms with Gasteiger partial charge < -0.3 is 4.57 Å². The molecule has 1 aromatic heterocycles. The van der Waals surface area contributed by atoms with E-state index in [0.717, 1.165) is 5.57 Å². The van der Waals surface area contributed by atoms with Crippen molar-refractivity contribution in [3.63, 3.8) is 0 Å². The van der Waals surface area contributed by atoms with Gasteiger partial charge in [0.2, 0.25) is 0 Å². The van der Waals surface area contributed by atoms with Crippen LogP contribution in [0, 0.1) is 13.8 Å². The van der Waals surface area contributed by atoms with Crippen LogP contribution in [-0.2, 0) is 7.05 Å². The molecule has 0 fully saturated rings. The Morgan fingerprint density at radius 2 is 1.42 bits per heavy atom. The monoisotopic (exact) mass is 311 g/mol. The molecule has 4 rings (SSSR count). The van der Waals surface area contributed by atoms with Crippen LogP contribution in [0.4, 0.5) is 0 Å². The van der Waals surface area contributed by atoms with Gasteiger partial charge in [-0.1, -0.05) is 61.2 Å². The average Bonchev–Trinajstić information content (AvgIpc) is 2.86. The van der Waals surface area contributed by atoms with Gasteiger partial charge in [0.1, 0.15) is 0 Å². The van der Waals surface area contributed by atoms with Gasteiger partial charge in [0.05, 0.1) is 0 Å². The number of para-hydroxylation sites is 1. The lowest BCUT2D eigenvalue weighted by Crippen LogP contribution is -1.94. The van der Waals surface area contributed by atoms with Gasteiger partial charge in [-0.3, -0.25) is 0 Å². The summed E-state index contributed by atoms with van der Waals surface area (Å²) in [7, 11) is 2.13. The van der Waals surface area contributed by atoms with Crippen LogP contribution < -0.4 is 0 Å². The molecule has 0 aliphatic rings. The molecule has 118 valence electrons. The Morgan fingerprint density at radius 3 is 2.17 bits per heavy atom. The average molecular weight is 311 g/mol. The number of nitrogens with zero attached hydrogens (tertiary/aromatic N) is 1. The van der Waals surface area contributed by atoms with E-state index in [2.05, 4.69) is 92.7 Å². The molecule has 1 heteroatoms. The van der Waals surface area contributed by atoms with Gasteiger partial charge >= 0.3 is 0 Å². The molecule has 0 aliphatic heterocycles. The zero-order valence-corrected chi connectivity index (χ0v) is 14.4. The molecule has 0 amide bonds. The molecule has 24 heavy (non-hydrogen) atoms. The van der Waals surface area contributed by atoms with Crippen LogP contribution in [0.2, 0.25) is 0 Å². The Kier molecular flexibility index (Phi) is 3.31. The number of hydrogen-bond acceptors (Lipinski definition) is 0. The van der Waals surface area contributed by atoms with Crippen molar-refractivity contribution in [2.75, 3.05) is 0 Å². The SMILES string of the molecule is C=C(c1ccc(C)c2ccccc12)c1c(C)n(C)c2ccccc12. The highest BCUT2D eigenvalue weighted by molar-refractivity contribution is 6.04. The molecule has 0 saturated heterocycles. The van der Waals surface area contributed by atoms with E-state index in [9.17, 15) is 0 Å². The van der Waals surface area contributed by atoms with E-state index >= 15 is 0 Å². The predicted molar refractivity (Wildman–Crippen MR) is 104 cm³/mol. The molecule has 0 bridgehead atoms. The van der Waals surface area contributed by atoms with E-state index in [0.29, 0.717) is 0 Å². The van der Waals surface area contributed by atoms with E-state index in [-0.39, 0.29) is 0 Å². The zero-order valence-electron chi connectivity index (χ0n) is 14.4. The molecule has 0 unspecified atom stereocenters. The molecule has 0 spiro atoms. The van der Waals surface area contributed by atoms with Crippen molar-refractivity contribution in [1.82, 2.24) is 4.57 Å². The van der Waals surface area contributed by atoms with E-state index in [1.54, 1.807) is 0 Å². The lowest BCUT2D eigenvalue weighted by molar-refractivity contribution is 0.915. The van der Waals surface area contributed by atoms with Crippen molar-refractivity contribution in [3.05, 3.63) is 89.6 Å². The molecule has 1 heterocycles. The van der Waals surface area contributed by atoms with Crippen molar-refractivity contribution < 1.29 is 0 Å². The molecular formula is C23H21N. The van der Waals surface area contributed by atoms with Crippen LogP contribution in [0.25, 0.3) is 27.2 Å². The summed E-state index contributed by atoms with van der Waals surface area (Å²) in [5, 5.41) is 3.84. The summed E-state index contributed by atoms with van der Waals surface area (Å²) in [6, 6.07) is 21.6. The van der Waals surface area contributed by atoms with Gasteiger partial charge in [0, 0.05) is 29.2 Å². The van der Waals surface area contributed by atoms with Crippen molar-refractivity contribution in [1.29, 1.82) is 0 Å². The summed E-state index contributed by atoms with van der Waals surface area (Å²) in [4.78, 5) is 0. The van der Waals surface area contributed by atoms with E-state index in [4.69, 9.17) is 0 Å². The summed E-state index contributed by atoms with van der Waals surface area (Å²) in [6.45, 7) is 8.83. The smallest absolute Gasteiger partial charge is 0.0486 e. The first kappa shape index (κ1) is 14.8. The molecule has 3 aromatic carbocycles. The fraction of sp³-hybridized carbons (Fsp3) is 0.130. The maximum atomic E-state index is 4.49. The number of fused-ring (bicyclic) bond motifs is 2. The van der Waals surface area contributed by atoms with Gasteiger partial charge in [0.15, 0.2) is 0 Å². The second-order valence-electron chi connectivity index (χ2n) is 6.49. The zero-order chi connectivity index (χ0) is 16.8. The second-order valence-corrected chi connectivity index (χ2v) is 6.49. The van der Waals surface area contributed by atoms with E-state index in [1.807, 2.05) is 0 Å². The fourth-order valence-electron chi connectivity index (χ4n) is 3.75. The third-order valence-electron chi connectivity index (χ3n) is 5.17. The Morgan fingerprint density at radius 1 is 0.792 bits per heavy atom. The van der Waals surface area contributed by atoms with E-state index in [1.165, 1.54) is 44.1 Å². The first-order valence-electron chi connectivity index (χ1n) is 8.31. The first-order valence-corrected chi connectivity index (χ1v) is 8.31. The van der Waals surface area contributed by atoms with Crippen molar-refractivity contribution in [2.24, 2.45) is 7.05 Å². The minimum Gasteiger partial charge on any atom is -0.347 e. The third kappa shape index (κ3) is 2.01. The van der Waals surface area contributed by atoms with Crippen molar-refractivity contribution >= 4 is 27.2 Å². The number of aryl methyl sites for hydroxylation is 2. The summed E-state index contributed by atoms with van der Waals surface area (Å²) in [5.74, 6) is 0. The van der Waals surface area contributed by atoms with Gasteiger partial charge in [-0.2, -0.15) is 0 Å². The van der Waals surface area contributed by atoms with Gasteiger partial charge in [0.25, 0.3) is 0 Å².